The van der Waals surface area contributed by atoms with Crippen molar-refractivity contribution < 1.29 is 14.3 Å². The van der Waals surface area contributed by atoms with Gasteiger partial charge < -0.3 is 4.74 Å². The highest BCUT2D eigenvalue weighted by molar-refractivity contribution is 9.10. The number of rotatable bonds is 4. The number of benzene rings is 1. The standard InChI is InChI=1S/C14H11BrO3S/c1-9-6-7-19-13(9)14(17)18-8-12(16)10-4-2-3-5-11(10)15/h2-7H,8H2,1H3. The molecule has 19 heavy (non-hydrogen) atoms. The average Bonchev–Trinajstić information content (AvgIpc) is 2.82. The molecule has 0 saturated carbocycles. The van der Waals surface area contributed by atoms with Gasteiger partial charge in [0.2, 0.25) is 5.78 Å². The third kappa shape index (κ3) is 3.30. The van der Waals surface area contributed by atoms with Gasteiger partial charge >= 0.3 is 5.97 Å². The second-order valence-electron chi connectivity index (χ2n) is 3.91. The summed E-state index contributed by atoms with van der Waals surface area (Å²) in [4.78, 5) is 24.2. The van der Waals surface area contributed by atoms with Gasteiger partial charge in [-0.2, -0.15) is 0 Å². The molecule has 3 nitrogen and oxygen atoms in total. The molecule has 5 heteroatoms. The van der Waals surface area contributed by atoms with E-state index >= 15 is 0 Å². The molecule has 0 aliphatic rings. The summed E-state index contributed by atoms with van der Waals surface area (Å²) in [5, 5.41) is 1.82. The van der Waals surface area contributed by atoms with E-state index < -0.39 is 5.97 Å². The van der Waals surface area contributed by atoms with Gasteiger partial charge in [-0.1, -0.05) is 34.1 Å². The Morgan fingerprint density at radius 2 is 2.00 bits per heavy atom. The number of carbonyl (C=O) groups is 2. The summed E-state index contributed by atoms with van der Waals surface area (Å²) in [5.74, 6) is -0.678. The Kier molecular flexibility index (Phi) is 4.50. The topological polar surface area (TPSA) is 43.4 Å². The smallest absolute Gasteiger partial charge is 0.349 e. The van der Waals surface area contributed by atoms with Crippen molar-refractivity contribution in [3.63, 3.8) is 0 Å². The monoisotopic (exact) mass is 338 g/mol. The molecule has 0 radical (unpaired) electrons. The number of ether oxygens (including phenoxy) is 1. The van der Waals surface area contributed by atoms with E-state index in [1.807, 2.05) is 24.4 Å². The van der Waals surface area contributed by atoms with Crippen LogP contribution < -0.4 is 0 Å². The number of hydrogen-bond acceptors (Lipinski definition) is 4. The lowest BCUT2D eigenvalue weighted by atomic mass is 10.1. The minimum Gasteiger partial charge on any atom is -0.453 e. The van der Waals surface area contributed by atoms with Crippen molar-refractivity contribution in [3.8, 4) is 0 Å². The Labute approximate surface area is 123 Å². The number of Topliss-reactive ketones (excluding diaryl/α,β-unsaturated/α-hetero) is 1. The van der Waals surface area contributed by atoms with Gasteiger partial charge in [0.15, 0.2) is 6.61 Å². The first kappa shape index (κ1) is 14.0. The van der Waals surface area contributed by atoms with Crippen LogP contribution in [0.3, 0.4) is 0 Å². The molecule has 98 valence electrons. The molecular weight excluding hydrogens is 328 g/mol. The summed E-state index contributed by atoms with van der Waals surface area (Å²) in [6.07, 6.45) is 0. The number of carbonyl (C=O) groups excluding carboxylic acids is 2. The van der Waals surface area contributed by atoms with E-state index in [0.29, 0.717) is 14.9 Å². The van der Waals surface area contributed by atoms with Crippen LogP contribution in [0, 0.1) is 6.92 Å². The van der Waals surface area contributed by atoms with E-state index in [0.717, 1.165) is 5.56 Å². The van der Waals surface area contributed by atoms with E-state index in [-0.39, 0.29) is 12.4 Å². The molecule has 0 amide bonds. The summed E-state index contributed by atoms with van der Waals surface area (Å²) in [6, 6.07) is 8.90. The average molecular weight is 339 g/mol. The number of thiophene rings is 1. The second-order valence-corrected chi connectivity index (χ2v) is 5.68. The molecule has 1 aromatic carbocycles. The maximum absolute atomic E-state index is 11.9. The van der Waals surface area contributed by atoms with Crippen molar-refractivity contribution in [3.05, 3.63) is 56.2 Å². The summed E-state index contributed by atoms with van der Waals surface area (Å²) in [5.41, 5.74) is 1.38. The number of ketones is 1. The number of aryl methyl sites for hydroxylation is 1. The minimum absolute atomic E-state index is 0.227. The van der Waals surface area contributed by atoms with E-state index in [1.165, 1.54) is 11.3 Å². The van der Waals surface area contributed by atoms with Gasteiger partial charge in [-0.25, -0.2) is 4.79 Å². The minimum atomic E-state index is -0.451. The summed E-state index contributed by atoms with van der Waals surface area (Å²) in [7, 11) is 0. The van der Waals surface area contributed by atoms with E-state index in [2.05, 4.69) is 15.9 Å². The predicted octanol–water partition coefficient (Wildman–Crippen LogP) is 3.86. The zero-order valence-electron chi connectivity index (χ0n) is 10.2. The molecule has 2 rings (SSSR count). The normalized spacial score (nSPS) is 10.2. The fourth-order valence-corrected chi connectivity index (χ4v) is 2.87. The largest absolute Gasteiger partial charge is 0.453 e. The van der Waals surface area contributed by atoms with Gasteiger partial charge in [-0.3, -0.25) is 4.79 Å². The Balaban J connectivity index is 2.00. The SMILES string of the molecule is Cc1ccsc1C(=O)OCC(=O)c1ccccc1Br. The van der Waals surface area contributed by atoms with E-state index in [9.17, 15) is 9.59 Å². The van der Waals surface area contributed by atoms with Crippen molar-refractivity contribution in [1.82, 2.24) is 0 Å². The van der Waals surface area contributed by atoms with E-state index in [4.69, 9.17) is 4.74 Å². The molecule has 0 unspecified atom stereocenters. The van der Waals surface area contributed by atoms with Gasteiger partial charge in [0.05, 0.1) is 0 Å². The van der Waals surface area contributed by atoms with Crippen molar-refractivity contribution in [1.29, 1.82) is 0 Å². The van der Waals surface area contributed by atoms with Crippen LogP contribution >= 0.6 is 27.3 Å². The molecule has 0 aliphatic carbocycles. The fourth-order valence-electron chi connectivity index (χ4n) is 1.54. The van der Waals surface area contributed by atoms with Gasteiger partial charge in [0.25, 0.3) is 0 Å². The van der Waals surface area contributed by atoms with Crippen LogP contribution in [0.4, 0.5) is 0 Å². The Morgan fingerprint density at radius 1 is 1.26 bits per heavy atom. The Hall–Kier alpha value is -1.46. The van der Waals surface area contributed by atoms with Crippen molar-refractivity contribution in [2.75, 3.05) is 6.61 Å². The lowest BCUT2D eigenvalue weighted by molar-refractivity contribution is 0.0478. The first-order valence-corrected chi connectivity index (χ1v) is 7.26. The van der Waals surface area contributed by atoms with Crippen LogP contribution in [0.2, 0.25) is 0 Å². The van der Waals surface area contributed by atoms with Crippen molar-refractivity contribution in [2.24, 2.45) is 0 Å². The second kappa shape index (κ2) is 6.12. The predicted molar refractivity (Wildman–Crippen MR) is 77.8 cm³/mol. The van der Waals surface area contributed by atoms with Crippen LogP contribution in [0.5, 0.6) is 0 Å². The van der Waals surface area contributed by atoms with Crippen LogP contribution in [-0.2, 0) is 4.74 Å². The first-order valence-electron chi connectivity index (χ1n) is 5.58. The summed E-state index contributed by atoms with van der Waals surface area (Å²) in [6.45, 7) is 1.58. The first-order chi connectivity index (χ1) is 9.09. The van der Waals surface area contributed by atoms with E-state index in [1.54, 1.807) is 18.2 Å². The van der Waals surface area contributed by atoms with Gasteiger partial charge in [0.1, 0.15) is 4.88 Å². The Bertz CT molecular complexity index is 619. The number of esters is 1. The van der Waals surface area contributed by atoms with Gasteiger partial charge in [-0.15, -0.1) is 11.3 Å². The highest BCUT2D eigenvalue weighted by atomic mass is 79.9. The molecule has 0 saturated heterocycles. The van der Waals surface area contributed by atoms with Crippen LogP contribution in [0.25, 0.3) is 0 Å². The lowest BCUT2D eigenvalue weighted by Crippen LogP contribution is -2.14. The van der Waals surface area contributed by atoms with Crippen LogP contribution in [0.1, 0.15) is 25.6 Å². The fraction of sp³-hybridized carbons (Fsp3) is 0.143. The Morgan fingerprint density at radius 3 is 2.63 bits per heavy atom. The summed E-state index contributed by atoms with van der Waals surface area (Å²) < 4.78 is 5.74. The van der Waals surface area contributed by atoms with Gasteiger partial charge in [0, 0.05) is 10.0 Å². The quantitative estimate of drug-likeness (QED) is 0.628. The number of halogens is 1. The maximum Gasteiger partial charge on any atom is 0.349 e. The molecule has 0 aliphatic heterocycles. The molecule has 0 N–H and O–H groups in total. The molecule has 1 aromatic heterocycles. The molecule has 0 bridgehead atoms. The molecule has 0 fully saturated rings. The molecular formula is C14H11BrO3S. The highest BCUT2D eigenvalue weighted by Gasteiger charge is 2.15. The summed E-state index contributed by atoms with van der Waals surface area (Å²) >= 11 is 4.61. The maximum atomic E-state index is 11.9. The number of hydrogen-bond donors (Lipinski definition) is 0. The molecule has 2 aromatic rings. The highest BCUT2D eigenvalue weighted by Crippen LogP contribution is 2.18. The third-order valence-electron chi connectivity index (χ3n) is 2.56. The third-order valence-corrected chi connectivity index (χ3v) is 4.24. The van der Waals surface area contributed by atoms with Crippen LogP contribution in [-0.4, -0.2) is 18.4 Å². The van der Waals surface area contributed by atoms with Crippen molar-refractivity contribution >= 4 is 39.0 Å². The molecule has 0 atom stereocenters. The lowest BCUT2D eigenvalue weighted by Gasteiger charge is -2.05. The zero-order valence-corrected chi connectivity index (χ0v) is 12.6. The molecule has 0 spiro atoms. The zero-order chi connectivity index (χ0) is 13.8. The van der Waals surface area contributed by atoms with Crippen LogP contribution in [0.15, 0.2) is 40.2 Å². The van der Waals surface area contributed by atoms with Gasteiger partial charge in [-0.05, 0) is 30.0 Å². The molecule has 1 heterocycles. The van der Waals surface area contributed by atoms with Crippen molar-refractivity contribution in [2.45, 2.75) is 6.92 Å².